The SMILES string of the molecule is COCCCNC(=O)C1=NNC(=O)CC1. The van der Waals surface area contributed by atoms with Crippen LogP contribution in [0.4, 0.5) is 0 Å². The number of amides is 2. The number of hydrazone groups is 1. The van der Waals surface area contributed by atoms with Gasteiger partial charge in [-0.05, 0) is 6.42 Å². The summed E-state index contributed by atoms with van der Waals surface area (Å²) in [4.78, 5) is 22.2. The molecule has 0 aliphatic carbocycles. The van der Waals surface area contributed by atoms with Gasteiger partial charge in [0.05, 0.1) is 0 Å². The number of nitrogens with zero attached hydrogens (tertiary/aromatic N) is 1. The second-order valence-electron chi connectivity index (χ2n) is 3.20. The summed E-state index contributed by atoms with van der Waals surface area (Å²) in [6.45, 7) is 1.17. The first kappa shape index (κ1) is 11.6. The largest absolute Gasteiger partial charge is 0.385 e. The van der Waals surface area contributed by atoms with Crippen molar-refractivity contribution in [2.75, 3.05) is 20.3 Å². The summed E-state index contributed by atoms with van der Waals surface area (Å²) in [7, 11) is 1.61. The van der Waals surface area contributed by atoms with Crippen molar-refractivity contribution in [3.8, 4) is 0 Å². The summed E-state index contributed by atoms with van der Waals surface area (Å²) in [5, 5.41) is 6.38. The van der Waals surface area contributed by atoms with Crippen molar-refractivity contribution < 1.29 is 14.3 Å². The standard InChI is InChI=1S/C9H15N3O3/c1-15-6-2-5-10-9(14)7-3-4-8(13)12-11-7/h2-6H2,1H3,(H,10,14)(H,12,13). The van der Waals surface area contributed by atoms with Crippen LogP contribution in [0.1, 0.15) is 19.3 Å². The molecule has 6 heteroatoms. The lowest BCUT2D eigenvalue weighted by Gasteiger charge is -2.11. The minimum absolute atomic E-state index is 0.147. The Hall–Kier alpha value is -1.43. The molecule has 2 amide bonds. The fraction of sp³-hybridized carbons (Fsp3) is 0.667. The van der Waals surface area contributed by atoms with E-state index in [1.165, 1.54) is 0 Å². The lowest BCUT2D eigenvalue weighted by Crippen LogP contribution is -2.37. The number of ether oxygens (including phenoxy) is 1. The predicted octanol–water partition coefficient (Wildman–Crippen LogP) is -0.595. The van der Waals surface area contributed by atoms with Crippen LogP contribution >= 0.6 is 0 Å². The molecule has 0 unspecified atom stereocenters. The van der Waals surface area contributed by atoms with Gasteiger partial charge < -0.3 is 10.1 Å². The molecule has 1 rings (SSSR count). The zero-order valence-corrected chi connectivity index (χ0v) is 8.71. The van der Waals surface area contributed by atoms with Crippen LogP contribution in [0.5, 0.6) is 0 Å². The van der Waals surface area contributed by atoms with Gasteiger partial charge in [0.1, 0.15) is 5.71 Å². The van der Waals surface area contributed by atoms with Crippen molar-refractivity contribution in [2.45, 2.75) is 19.3 Å². The Morgan fingerprint density at radius 1 is 1.60 bits per heavy atom. The maximum Gasteiger partial charge on any atom is 0.267 e. The lowest BCUT2D eigenvalue weighted by atomic mass is 10.1. The molecule has 1 heterocycles. The first-order chi connectivity index (χ1) is 7.24. The third-order valence-electron chi connectivity index (χ3n) is 1.98. The summed E-state index contributed by atoms with van der Waals surface area (Å²) < 4.78 is 4.84. The number of nitrogens with one attached hydrogen (secondary N) is 2. The van der Waals surface area contributed by atoms with Crippen molar-refractivity contribution in [3.05, 3.63) is 0 Å². The molecule has 6 nitrogen and oxygen atoms in total. The predicted molar refractivity (Wildman–Crippen MR) is 54.3 cm³/mol. The Morgan fingerprint density at radius 3 is 3.00 bits per heavy atom. The van der Waals surface area contributed by atoms with Crippen LogP contribution in [-0.4, -0.2) is 37.8 Å². The minimum Gasteiger partial charge on any atom is -0.385 e. The van der Waals surface area contributed by atoms with Gasteiger partial charge in [0.25, 0.3) is 5.91 Å². The zero-order valence-electron chi connectivity index (χ0n) is 8.71. The van der Waals surface area contributed by atoms with E-state index in [0.717, 1.165) is 6.42 Å². The zero-order chi connectivity index (χ0) is 11.1. The quantitative estimate of drug-likeness (QED) is 0.599. The fourth-order valence-corrected chi connectivity index (χ4v) is 1.16. The topological polar surface area (TPSA) is 79.8 Å². The van der Waals surface area contributed by atoms with E-state index in [1.54, 1.807) is 7.11 Å². The number of hydrogen-bond donors (Lipinski definition) is 2. The van der Waals surface area contributed by atoms with Gasteiger partial charge in [-0.2, -0.15) is 5.10 Å². The summed E-state index contributed by atoms with van der Waals surface area (Å²) in [6, 6.07) is 0. The number of rotatable bonds is 5. The van der Waals surface area contributed by atoms with Crippen LogP contribution in [0.2, 0.25) is 0 Å². The fourth-order valence-electron chi connectivity index (χ4n) is 1.16. The minimum atomic E-state index is -0.217. The maximum atomic E-state index is 11.4. The van der Waals surface area contributed by atoms with Gasteiger partial charge in [-0.25, -0.2) is 5.43 Å². The average molecular weight is 213 g/mol. The molecule has 0 aromatic heterocycles. The molecule has 0 atom stereocenters. The summed E-state index contributed by atoms with van der Waals surface area (Å²) in [5.74, 6) is -0.364. The van der Waals surface area contributed by atoms with Crippen LogP contribution in [0, 0.1) is 0 Å². The van der Waals surface area contributed by atoms with Gasteiger partial charge in [-0.1, -0.05) is 0 Å². The van der Waals surface area contributed by atoms with E-state index < -0.39 is 0 Å². The normalized spacial score (nSPS) is 15.5. The molecule has 2 N–H and O–H groups in total. The molecule has 0 radical (unpaired) electrons. The second kappa shape index (κ2) is 6.13. The monoisotopic (exact) mass is 213 g/mol. The molecule has 1 aliphatic heterocycles. The highest BCUT2D eigenvalue weighted by atomic mass is 16.5. The molecule has 0 spiro atoms. The van der Waals surface area contributed by atoms with Gasteiger partial charge in [0.15, 0.2) is 0 Å². The molecular formula is C9H15N3O3. The Labute approximate surface area is 88.1 Å². The van der Waals surface area contributed by atoms with E-state index in [-0.39, 0.29) is 11.8 Å². The van der Waals surface area contributed by atoms with Crippen molar-refractivity contribution in [1.82, 2.24) is 10.7 Å². The summed E-state index contributed by atoms with van der Waals surface area (Å²) >= 11 is 0. The molecule has 0 fully saturated rings. The Balaban J connectivity index is 2.25. The molecule has 0 aromatic rings. The maximum absolute atomic E-state index is 11.4. The average Bonchev–Trinajstić information content (AvgIpc) is 2.25. The van der Waals surface area contributed by atoms with Crippen molar-refractivity contribution in [1.29, 1.82) is 0 Å². The van der Waals surface area contributed by atoms with E-state index in [2.05, 4.69) is 15.8 Å². The van der Waals surface area contributed by atoms with Crippen LogP contribution in [0.3, 0.4) is 0 Å². The summed E-state index contributed by atoms with van der Waals surface area (Å²) in [5.41, 5.74) is 2.66. The number of methoxy groups -OCH3 is 1. The van der Waals surface area contributed by atoms with Crippen LogP contribution in [0.15, 0.2) is 5.10 Å². The molecule has 0 saturated heterocycles. The van der Waals surface area contributed by atoms with E-state index in [0.29, 0.717) is 31.7 Å². The third kappa shape index (κ3) is 4.07. The van der Waals surface area contributed by atoms with Crippen LogP contribution in [0.25, 0.3) is 0 Å². The number of hydrogen-bond acceptors (Lipinski definition) is 4. The van der Waals surface area contributed by atoms with Crippen molar-refractivity contribution in [2.24, 2.45) is 5.10 Å². The first-order valence-corrected chi connectivity index (χ1v) is 4.86. The molecule has 0 saturated carbocycles. The van der Waals surface area contributed by atoms with E-state index in [9.17, 15) is 9.59 Å². The first-order valence-electron chi connectivity index (χ1n) is 4.86. The smallest absolute Gasteiger partial charge is 0.267 e. The molecular weight excluding hydrogens is 198 g/mol. The highest BCUT2D eigenvalue weighted by Crippen LogP contribution is 1.99. The van der Waals surface area contributed by atoms with Gasteiger partial charge in [-0.15, -0.1) is 0 Å². The van der Waals surface area contributed by atoms with Crippen molar-refractivity contribution >= 4 is 17.5 Å². The molecule has 1 aliphatic rings. The van der Waals surface area contributed by atoms with Crippen LogP contribution < -0.4 is 10.7 Å². The highest BCUT2D eigenvalue weighted by Gasteiger charge is 2.17. The van der Waals surface area contributed by atoms with Crippen LogP contribution in [-0.2, 0) is 14.3 Å². The van der Waals surface area contributed by atoms with E-state index in [4.69, 9.17) is 4.74 Å². The molecule has 0 bridgehead atoms. The van der Waals surface area contributed by atoms with E-state index in [1.807, 2.05) is 0 Å². The molecule has 84 valence electrons. The van der Waals surface area contributed by atoms with Crippen molar-refractivity contribution in [3.63, 3.8) is 0 Å². The summed E-state index contributed by atoms with van der Waals surface area (Å²) in [6.07, 6.45) is 1.49. The molecule has 0 aromatic carbocycles. The number of carbonyl (C=O) groups excluding carboxylic acids is 2. The van der Waals surface area contributed by atoms with E-state index >= 15 is 0 Å². The highest BCUT2D eigenvalue weighted by molar-refractivity contribution is 6.39. The lowest BCUT2D eigenvalue weighted by molar-refractivity contribution is -0.121. The Bertz CT molecular complexity index is 276. The number of carbonyl (C=O) groups is 2. The van der Waals surface area contributed by atoms with Gasteiger partial charge in [-0.3, -0.25) is 9.59 Å². The second-order valence-corrected chi connectivity index (χ2v) is 3.20. The van der Waals surface area contributed by atoms with Gasteiger partial charge in [0, 0.05) is 33.1 Å². The Kier molecular flexibility index (Phi) is 4.76. The molecule has 15 heavy (non-hydrogen) atoms. The van der Waals surface area contributed by atoms with Gasteiger partial charge >= 0.3 is 0 Å². The van der Waals surface area contributed by atoms with Gasteiger partial charge in [0.2, 0.25) is 5.91 Å². The Morgan fingerprint density at radius 2 is 2.40 bits per heavy atom. The third-order valence-corrected chi connectivity index (χ3v) is 1.98.